The van der Waals surface area contributed by atoms with Crippen LogP contribution in [0.5, 0.6) is 0 Å². The molecule has 2 aromatic rings. The topological polar surface area (TPSA) is 224 Å². The Hall–Kier alpha value is -4.01. The van der Waals surface area contributed by atoms with Crippen LogP contribution in [0.4, 0.5) is 0 Å². The average molecular weight is 472 g/mol. The molecule has 0 saturated carbocycles. The van der Waals surface area contributed by atoms with Gasteiger partial charge in [-0.25, -0.2) is 4.68 Å². The lowest BCUT2D eigenvalue weighted by atomic mass is 9.99. The SMILES string of the molecule is C[C@@H](O)[C@H](N)C(=O)[C@@H]1NC(=O)c2ccccc2-n2cc(nn2)CNC(=O)[C@H](C(=O)CN)NC1=O. The summed E-state index contributed by atoms with van der Waals surface area (Å²) in [6.45, 7) is 0.504. The fourth-order valence-corrected chi connectivity index (χ4v) is 3.18. The molecule has 1 aliphatic heterocycles. The first kappa shape index (κ1) is 24.6. The Bertz CT molecular complexity index is 1130. The average Bonchev–Trinajstić information content (AvgIpc) is 3.31. The highest BCUT2D eigenvalue weighted by molar-refractivity contribution is 6.15. The predicted molar refractivity (Wildman–Crippen MR) is 115 cm³/mol. The number of carbonyl (C=O) groups excluding carboxylic acids is 5. The highest BCUT2D eigenvalue weighted by Crippen LogP contribution is 2.15. The number of nitrogens with zero attached hydrogens (tertiary/aromatic N) is 3. The van der Waals surface area contributed by atoms with Gasteiger partial charge >= 0.3 is 0 Å². The normalized spacial score (nSPS) is 20.6. The Balaban J connectivity index is 2.10. The van der Waals surface area contributed by atoms with Crippen molar-refractivity contribution in [2.24, 2.45) is 11.5 Å². The molecule has 14 heteroatoms. The molecule has 1 aromatic heterocycles. The summed E-state index contributed by atoms with van der Waals surface area (Å²) in [5, 5.41) is 24.5. The monoisotopic (exact) mass is 472 g/mol. The summed E-state index contributed by atoms with van der Waals surface area (Å²) < 4.78 is 1.28. The van der Waals surface area contributed by atoms with Crippen LogP contribution in [0.15, 0.2) is 30.5 Å². The number of nitrogens with two attached hydrogens (primary N) is 2. The summed E-state index contributed by atoms with van der Waals surface area (Å²) in [4.78, 5) is 63.9. The number of hydrogen-bond donors (Lipinski definition) is 6. The van der Waals surface area contributed by atoms with Gasteiger partial charge in [0.2, 0.25) is 0 Å². The van der Waals surface area contributed by atoms with Gasteiger partial charge < -0.3 is 32.5 Å². The fourth-order valence-electron chi connectivity index (χ4n) is 3.18. The van der Waals surface area contributed by atoms with E-state index in [1.54, 1.807) is 18.2 Å². The Morgan fingerprint density at radius 2 is 1.88 bits per heavy atom. The Morgan fingerprint density at radius 3 is 2.56 bits per heavy atom. The molecule has 180 valence electrons. The maximum Gasteiger partial charge on any atom is 0.254 e. The second-order valence-electron chi connectivity index (χ2n) is 7.58. The quantitative estimate of drug-likeness (QED) is 0.233. The molecule has 1 aromatic carbocycles. The van der Waals surface area contributed by atoms with Gasteiger partial charge in [0, 0.05) is 0 Å². The maximum absolute atomic E-state index is 13.1. The highest BCUT2D eigenvalue weighted by atomic mass is 16.3. The number of Topliss-reactive ketones (excluding diaryl/α,β-unsaturated/α-hetero) is 2. The molecular weight excluding hydrogens is 448 g/mol. The second kappa shape index (κ2) is 10.3. The van der Waals surface area contributed by atoms with E-state index in [1.165, 1.54) is 23.9 Å². The number of aliphatic hydroxyl groups excluding tert-OH is 1. The molecule has 0 aliphatic carbocycles. The first-order chi connectivity index (χ1) is 16.1. The summed E-state index contributed by atoms with van der Waals surface area (Å²) >= 11 is 0. The van der Waals surface area contributed by atoms with E-state index in [0.717, 1.165) is 0 Å². The van der Waals surface area contributed by atoms with Crippen LogP contribution in [0, 0.1) is 0 Å². The molecule has 1 aliphatic rings. The van der Waals surface area contributed by atoms with Gasteiger partial charge in [-0.3, -0.25) is 24.0 Å². The molecule has 0 saturated heterocycles. The van der Waals surface area contributed by atoms with Crippen LogP contribution in [-0.4, -0.2) is 80.2 Å². The van der Waals surface area contributed by atoms with Crippen molar-refractivity contribution in [3.63, 3.8) is 0 Å². The summed E-state index contributed by atoms with van der Waals surface area (Å²) in [6, 6.07) is 0.980. The van der Waals surface area contributed by atoms with Crippen LogP contribution in [-0.2, 0) is 25.7 Å². The first-order valence-electron chi connectivity index (χ1n) is 10.2. The number of para-hydroxylation sites is 1. The fraction of sp³-hybridized carbons (Fsp3) is 0.350. The Labute approximate surface area is 193 Å². The lowest BCUT2D eigenvalue weighted by molar-refractivity contribution is -0.139. The number of hydrogen-bond acceptors (Lipinski definition) is 10. The summed E-state index contributed by atoms with van der Waals surface area (Å²) in [5.74, 6) is -4.81. The zero-order valence-corrected chi connectivity index (χ0v) is 18.1. The van der Waals surface area contributed by atoms with Crippen molar-refractivity contribution in [2.45, 2.75) is 37.7 Å². The van der Waals surface area contributed by atoms with Gasteiger partial charge in [0.1, 0.15) is 5.69 Å². The van der Waals surface area contributed by atoms with Gasteiger partial charge in [-0.15, -0.1) is 5.10 Å². The lowest BCUT2D eigenvalue weighted by Crippen LogP contribution is -2.62. The Kier molecular flexibility index (Phi) is 7.45. The van der Waals surface area contributed by atoms with E-state index in [1.807, 2.05) is 0 Å². The van der Waals surface area contributed by atoms with Crippen molar-refractivity contribution in [1.29, 1.82) is 0 Å². The van der Waals surface area contributed by atoms with E-state index in [2.05, 4.69) is 26.3 Å². The number of amides is 3. The van der Waals surface area contributed by atoms with Gasteiger partial charge in [0.05, 0.1) is 42.7 Å². The molecule has 3 amide bonds. The van der Waals surface area contributed by atoms with Crippen LogP contribution in [0.1, 0.15) is 23.0 Å². The van der Waals surface area contributed by atoms with E-state index in [-0.39, 0.29) is 17.8 Å². The number of fused-ring (bicyclic) bond motifs is 4. The molecule has 0 fully saturated rings. The van der Waals surface area contributed by atoms with Crippen LogP contribution >= 0.6 is 0 Å². The zero-order valence-electron chi connectivity index (χ0n) is 18.1. The van der Waals surface area contributed by atoms with E-state index in [9.17, 15) is 29.1 Å². The molecule has 3 rings (SSSR count). The van der Waals surface area contributed by atoms with Crippen molar-refractivity contribution >= 4 is 29.3 Å². The molecule has 34 heavy (non-hydrogen) atoms. The standard InChI is InChI=1S/C20H24N8O6/c1-9(29)14(22)17(31)16-20(34)24-15(13(30)6-21)19(33)23-7-10-8-28(27-26-10)12-5-3-2-4-11(12)18(32)25-16/h2-5,8-9,14-16,29H,6-7,21-22H2,1H3,(H,23,33)(H,24,34)(H,25,32)/t9-,14+,15+,16+/m1/s1. The third kappa shape index (κ3) is 5.14. The third-order valence-electron chi connectivity index (χ3n) is 5.12. The van der Waals surface area contributed by atoms with Crippen LogP contribution in [0.2, 0.25) is 0 Å². The van der Waals surface area contributed by atoms with E-state index in [0.29, 0.717) is 5.69 Å². The van der Waals surface area contributed by atoms with Crippen LogP contribution < -0.4 is 27.4 Å². The molecule has 0 unspecified atom stereocenters. The molecular formula is C20H24N8O6. The summed E-state index contributed by atoms with van der Waals surface area (Å²) in [6.07, 6.45) is 0.110. The number of ketones is 2. The van der Waals surface area contributed by atoms with Crippen molar-refractivity contribution in [3.05, 3.63) is 41.7 Å². The number of rotatable bonds is 5. The summed E-state index contributed by atoms with van der Waals surface area (Å²) in [7, 11) is 0. The number of benzene rings is 1. The van der Waals surface area contributed by atoms with Crippen molar-refractivity contribution in [2.75, 3.05) is 6.54 Å². The first-order valence-corrected chi connectivity index (χ1v) is 10.2. The third-order valence-corrected chi connectivity index (χ3v) is 5.12. The van der Waals surface area contributed by atoms with Crippen LogP contribution in [0.3, 0.4) is 0 Å². The molecule has 0 radical (unpaired) electrons. The summed E-state index contributed by atoms with van der Waals surface area (Å²) in [5.41, 5.74) is 11.7. The molecule has 0 spiro atoms. The van der Waals surface area contributed by atoms with Crippen molar-refractivity contribution in [3.8, 4) is 5.69 Å². The molecule has 4 atom stereocenters. The minimum atomic E-state index is -1.93. The minimum Gasteiger partial charge on any atom is -0.391 e. The van der Waals surface area contributed by atoms with Gasteiger partial charge in [0.15, 0.2) is 23.7 Å². The molecule has 14 nitrogen and oxygen atoms in total. The molecule has 8 N–H and O–H groups in total. The maximum atomic E-state index is 13.1. The second-order valence-corrected chi connectivity index (χ2v) is 7.58. The zero-order chi connectivity index (χ0) is 25.0. The number of nitrogens with one attached hydrogen (secondary N) is 3. The molecule has 2 bridgehead atoms. The van der Waals surface area contributed by atoms with Gasteiger partial charge in [-0.05, 0) is 19.1 Å². The van der Waals surface area contributed by atoms with Crippen molar-refractivity contribution in [1.82, 2.24) is 30.9 Å². The highest BCUT2D eigenvalue weighted by Gasteiger charge is 2.38. The van der Waals surface area contributed by atoms with E-state index in [4.69, 9.17) is 11.5 Å². The molecule has 2 heterocycles. The largest absolute Gasteiger partial charge is 0.391 e. The van der Waals surface area contributed by atoms with Gasteiger partial charge in [0.25, 0.3) is 17.7 Å². The smallest absolute Gasteiger partial charge is 0.254 e. The van der Waals surface area contributed by atoms with Crippen molar-refractivity contribution < 1.29 is 29.1 Å². The Morgan fingerprint density at radius 1 is 1.18 bits per heavy atom. The van der Waals surface area contributed by atoms with Gasteiger partial charge in [-0.2, -0.15) is 0 Å². The number of carbonyl (C=O) groups is 5. The lowest BCUT2D eigenvalue weighted by Gasteiger charge is -2.24. The predicted octanol–water partition coefficient (Wildman–Crippen LogP) is -3.71. The van der Waals surface area contributed by atoms with E-state index < -0.39 is 60.1 Å². The minimum absolute atomic E-state index is 0.0471. The van der Waals surface area contributed by atoms with Crippen LogP contribution in [0.25, 0.3) is 5.69 Å². The number of aliphatic hydroxyl groups is 1. The van der Waals surface area contributed by atoms with Gasteiger partial charge in [-0.1, -0.05) is 17.3 Å². The number of aromatic nitrogens is 3. The van der Waals surface area contributed by atoms with E-state index >= 15 is 0 Å².